The Balaban J connectivity index is 1.28. The summed E-state index contributed by atoms with van der Waals surface area (Å²) >= 11 is 1.76. The van der Waals surface area contributed by atoms with Crippen molar-refractivity contribution in [3.05, 3.63) is 39.7 Å². The van der Waals surface area contributed by atoms with Crippen LogP contribution in [-0.2, 0) is 15.6 Å². The third-order valence-electron chi connectivity index (χ3n) is 8.23. The van der Waals surface area contributed by atoms with Crippen molar-refractivity contribution in [1.29, 1.82) is 0 Å². The molecule has 2 aliphatic heterocycles. The number of rotatable bonds is 3. The number of aliphatic hydroxyl groups excluding tert-OH is 1. The average Bonchev–Trinajstić information content (AvgIpc) is 3.46. The summed E-state index contributed by atoms with van der Waals surface area (Å²) < 4.78 is 0. The largest absolute Gasteiger partial charge is 0.392 e. The van der Waals surface area contributed by atoms with E-state index < -0.39 is 6.10 Å². The average molecular weight is 468 g/mol. The number of piperidine rings is 1. The maximum Gasteiger partial charge on any atom is 0.239 e. The van der Waals surface area contributed by atoms with E-state index in [0.717, 1.165) is 31.6 Å². The lowest BCUT2D eigenvalue weighted by Crippen LogP contribution is -2.46. The van der Waals surface area contributed by atoms with Crippen LogP contribution in [0, 0.1) is 0 Å². The number of nitrogens with zero attached hydrogens (tertiary/aromatic N) is 2. The molecule has 1 aliphatic carbocycles. The normalized spacial score (nSPS) is 26.9. The fraction of sp³-hybridized carbons (Fsp3) is 0.630. The molecule has 1 aromatic heterocycles. The van der Waals surface area contributed by atoms with Gasteiger partial charge in [-0.05, 0) is 60.1 Å². The maximum atomic E-state index is 12.7. The van der Waals surface area contributed by atoms with E-state index >= 15 is 0 Å². The van der Waals surface area contributed by atoms with Gasteiger partial charge in [0, 0.05) is 36.5 Å². The number of hydrogen-bond acceptors (Lipinski definition) is 5. The second-order valence-electron chi connectivity index (χ2n) is 11.5. The summed E-state index contributed by atoms with van der Waals surface area (Å²) in [4.78, 5) is 19.8. The van der Waals surface area contributed by atoms with Gasteiger partial charge in [-0.25, -0.2) is 4.98 Å². The highest BCUT2D eigenvalue weighted by atomic mass is 32.1. The molecule has 1 aromatic carbocycles. The van der Waals surface area contributed by atoms with Crippen LogP contribution in [-0.4, -0.2) is 52.7 Å². The molecule has 3 aliphatic rings. The molecule has 2 N–H and O–H groups in total. The minimum atomic E-state index is -0.398. The molecule has 2 fully saturated rings. The van der Waals surface area contributed by atoms with Crippen LogP contribution in [0.2, 0.25) is 0 Å². The molecule has 6 heteroatoms. The van der Waals surface area contributed by atoms with Crippen LogP contribution in [0.15, 0.2) is 23.6 Å². The molecule has 0 spiro atoms. The summed E-state index contributed by atoms with van der Waals surface area (Å²) in [6.07, 6.45) is 4.49. The maximum absolute atomic E-state index is 12.7. The van der Waals surface area contributed by atoms with Crippen LogP contribution in [0.25, 0.3) is 11.3 Å². The Hall–Kier alpha value is -1.76. The van der Waals surface area contributed by atoms with Crippen molar-refractivity contribution in [2.24, 2.45) is 0 Å². The number of β-amino-alcohol motifs (C(OH)–C–C–N with tert-alkyl or cyclic N) is 1. The minimum Gasteiger partial charge on any atom is -0.392 e. The molecule has 178 valence electrons. The Morgan fingerprint density at radius 3 is 2.48 bits per heavy atom. The number of carbonyl (C=O) groups is 1. The predicted octanol–water partition coefficient (Wildman–Crippen LogP) is 4.59. The third kappa shape index (κ3) is 4.38. The lowest BCUT2D eigenvalue weighted by molar-refractivity contribution is -0.134. The van der Waals surface area contributed by atoms with Gasteiger partial charge in [0.1, 0.15) is 0 Å². The first-order valence-electron chi connectivity index (χ1n) is 12.5. The smallest absolute Gasteiger partial charge is 0.239 e. The number of nitrogens with one attached hydrogen (secondary N) is 1. The number of amides is 1. The summed E-state index contributed by atoms with van der Waals surface area (Å²) in [5, 5.41) is 16.3. The van der Waals surface area contributed by atoms with Gasteiger partial charge >= 0.3 is 0 Å². The first-order chi connectivity index (χ1) is 15.6. The van der Waals surface area contributed by atoms with Gasteiger partial charge in [-0.1, -0.05) is 39.8 Å². The standard InChI is InChI=1S/C27H37N3O2S/c1-26(2)9-10-27(3,4)21-13-18(5-6-20(21)26)23-16-33-24(29-23)17-7-11-30(12-8-17)25(32)22-14-19(31)15-28-22/h5-6,13,16-17,19,22,28,31H,7-12,14-15H2,1-4H3/t19-,22+/m0/s1. The molecule has 33 heavy (non-hydrogen) atoms. The van der Waals surface area contributed by atoms with Gasteiger partial charge < -0.3 is 15.3 Å². The second-order valence-corrected chi connectivity index (χ2v) is 12.4. The van der Waals surface area contributed by atoms with Crippen LogP contribution >= 0.6 is 11.3 Å². The Labute approximate surface area is 201 Å². The van der Waals surface area contributed by atoms with E-state index in [1.54, 1.807) is 11.3 Å². The second kappa shape index (κ2) is 8.47. The van der Waals surface area contributed by atoms with E-state index in [9.17, 15) is 9.90 Å². The van der Waals surface area contributed by atoms with Gasteiger partial charge in [-0.15, -0.1) is 11.3 Å². The quantitative estimate of drug-likeness (QED) is 0.693. The molecule has 2 saturated heterocycles. The Bertz CT molecular complexity index is 1040. The molecule has 3 heterocycles. The first kappa shape index (κ1) is 23.0. The molecule has 0 saturated carbocycles. The van der Waals surface area contributed by atoms with Crippen molar-refractivity contribution in [3.63, 3.8) is 0 Å². The SMILES string of the molecule is CC1(C)CCC(C)(C)c2cc(-c3csc(C4CCN(C(=O)[C@H]5C[C@H](O)CN5)CC4)n3)ccc21. The Morgan fingerprint density at radius 2 is 1.82 bits per heavy atom. The predicted molar refractivity (Wildman–Crippen MR) is 134 cm³/mol. The number of aromatic nitrogens is 1. The molecule has 1 amide bonds. The third-order valence-corrected chi connectivity index (χ3v) is 9.24. The van der Waals surface area contributed by atoms with Crippen molar-refractivity contribution >= 4 is 17.2 Å². The monoisotopic (exact) mass is 467 g/mol. The molecule has 2 atom stereocenters. The highest BCUT2D eigenvalue weighted by Crippen LogP contribution is 2.47. The van der Waals surface area contributed by atoms with Crippen molar-refractivity contribution in [2.45, 2.75) is 88.7 Å². The summed E-state index contributed by atoms with van der Waals surface area (Å²) in [5.41, 5.74) is 5.69. The zero-order valence-corrected chi connectivity index (χ0v) is 21.2. The minimum absolute atomic E-state index is 0.143. The van der Waals surface area contributed by atoms with Crippen LogP contribution in [0.3, 0.4) is 0 Å². The van der Waals surface area contributed by atoms with Crippen LogP contribution in [0.5, 0.6) is 0 Å². The van der Waals surface area contributed by atoms with Crippen LogP contribution in [0.4, 0.5) is 0 Å². The molecule has 0 unspecified atom stereocenters. The summed E-state index contributed by atoms with van der Waals surface area (Å²) in [6, 6.07) is 6.76. The summed E-state index contributed by atoms with van der Waals surface area (Å²) in [6.45, 7) is 11.5. The van der Waals surface area contributed by atoms with Gasteiger partial charge in [-0.3, -0.25) is 4.79 Å². The fourth-order valence-corrected chi connectivity index (χ4v) is 6.83. The van der Waals surface area contributed by atoms with Crippen molar-refractivity contribution in [1.82, 2.24) is 15.2 Å². The van der Waals surface area contributed by atoms with E-state index in [2.05, 4.69) is 56.6 Å². The zero-order valence-electron chi connectivity index (χ0n) is 20.4. The van der Waals surface area contributed by atoms with Gasteiger partial charge in [0.15, 0.2) is 0 Å². The zero-order chi connectivity index (χ0) is 23.4. The van der Waals surface area contributed by atoms with Gasteiger partial charge in [0.05, 0.1) is 22.8 Å². The fourth-order valence-electron chi connectivity index (χ4n) is 5.83. The van der Waals surface area contributed by atoms with E-state index in [0.29, 0.717) is 18.9 Å². The Morgan fingerprint density at radius 1 is 1.12 bits per heavy atom. The summed E-state index contributed by atoms with van der Waals surface area (Å²) in [5.74, 6) is 0.562. The molecule has 5 rings (SSSR count). The first-order valence-corrected chi connectivity index (χ1v) is 13.3. The Kier molecular flexibility index (Phi) is 5.91. The highest BCUT2D eigenvalue weighted by molar-refractivity contribution is 7.10. The van der Waals surface area contributed by atoms with Gasteiger partial charge in [0.2, 0.25) is 5.91 Å². The van der Waals surface area contributed by atoms with Gasteiger partial charge in [0.25, 0.3) is 0 Å². The number of thiazole rings is 1. The van der Waals surface area contributed by atoms with E-state index in [1.165, 1.54) is 34.5 Å². The van der Waals surface area contributed by atoms with Crippen LogP contribution < -0.4 is 5.32 Å². The molecular weight excluding hydrogens is 430 g/mol. The molecular formula is C27H37N3O2S. The summed E-state index contributed by atoms with van der Waals surface area (Å²) in [7, 11) is 0. The van der Waals surface area contributed by atoms with Crippen molar-refractivity contribution < 1.29 is 9.90 Å². The van der Waals surface area contributed by atoms with Crippen LogP contribution in [0.1, 0.15) is 81.9 Å². The number of fused-ring (bicyclic) bond motifs is 1. The van der Waals surface area contributed by atoms with Crippen molar-refractivity contribution in [3.8, 4) is 11.3 Å². The molecule has 5 nitrogen and oxygen atoms in total. The number of hydrogen-bond donors (Lipinski definition) is 2. The highest BCUT2D eigenvalue weighted by Gasteiger charge is 2.37. The lowest BCUT2D eigenvalue weighted by atomic mass is 9.63. The number of likely N-dealkylation sites (tertiary alicyclic amines) is 1. The number of benzene rings is 1. The van der Waals surface area contributed by atoms with Gasteiger partial charge in [-0.2, -0.15) is 0 Å². The lowest BCUT2D eigenvalue weighted by Gasteiger charge is -2.42. The molecule has 0 bridgehead atoms. The topological polar surface area (TPSA) is 65.5 Å². The molecule has 0 radical (unpaired) electrons. The molecule has 2 aromatic rings. The number of aliphatic hydroxyl groups is 1. The van der Waals surface area contributed by atoms with E-state index in [1.807, 2.05) is 4.90 Å². The number of carbonyl (C=O) groups excluding carboxylic acids is 1. The van der Waals surface area contributed by atoms with E-state index in [-0.39, 0.29) is 22.8 Å². The van der Waals surface area contributed by atoms with Crippen molar-refractivity contribution in [2.75, 3.05) is 19.6 Å². The van der Waals surface area contributed by atoms with E-state index in [4.69, 9.17) is 4.98 Å².